The predicted octanol–water partition coefficient (Wildman–Crippen LogP) is 0.790. The number of ether oxygens (including phenoxy) is 1. The van der Waals surface area contributed by atoms with Gasteiger partial charge in [-0.2, -0.15) is 13.1 Å². The molecule has 1 aromatic carbocycles. The molecule has 1 rings (SSSR count). The van der Waals surface area contributed by atoms with Crippen molar-refractivity contribution >= 4 is 33.5 Å². The molecule has 0 aromatic heterocycles. The number of benzene rings is 1. The van der Waals surface area contributed by atoms with Crippen LogP contribution < -0.4 is 15.2 Å². The van der Waals surface area contributed by atoms with Gasteiger partial charge in [-0.1, -0.05) is 30.4 Å². The second-order valence-electron chi connectivity index (χ2n) is 4.45. The zero-order valence-electron chi connectivity index (χ0n) is 11.6. The Bertz CT molecular complexity index is 629. The summed E-state index contributed by atoms with van der Waals surface area (Å²) in [6.45, 7) is 3.21. The van der Waals surface area contributed by atoms with Gasteiger partial charge in [0.25, 0.3) is 0 Å². The first kappa shape index (κ1) is 17.3. The van der Waals surface area contributed by atoms with Crippen LogP contribution in [0, 0.1) is 0 Å². The Balaban J connectivity index is 2.63. The maximum absolute atomic E-state index is 11.6. The number of hydrogen-bond donors (Lipinski definition) is 3. The van der Waals surface area contributed by atoms with Crippen LogP contribution in [0.5, 0.6) is 0 Å². The van der Waals surface area contributed by atoms with Crippen LogP contribution in [0.4, 0.5) is 4.79 Å². The highest BCUT2D eigenvalue weighted by Crippen LogP contribution is 2.05. The van der Waals surface area contributed by atoms with Crippen molar-refractivity contribution in [2.45, 2.75) is 26.5 Å². The van der Waals surface area contributed by atoms with Gasteiger partial charge in [0.2, 0.25) is 0 Å². The van der Waals surface area contributed by atoms with E-state index in [-0.39, 0.29) is 11.5 Å². The second kappa shape index (κ2) is 7.34. The van der Waals surface area contributed by atoms with E-state index in [2.05, 4.69) is 9.46 Å². The molecule has 0 fully saturated rings. The molecule has 0 saturated heterocycles. The standard InChI is InChI=1S/C12H17N3O4S2/c1-8(2)19-12(16)15-21(17,18)14-7-9-4-3-5-10(6-9)11(13)20/h3-6,8,14H,7H2,1-2H3,(H2,13,20)(H,15,16). The Morgan fingerprint density at radius 2 is 2.10 bits per heavy atom. The van der Waals surface area contributed by atoms with Crippen LogP contribution in [0.15, 0.2) is 24.3 Å². The first-order valence-corrected chi connectivity index (χ1v) is 7.95. The molecule has 1 amide bonds. The molecular formula is C12H17N3O4S2. The second-order valence-corrected chi connectivity index (χ2v) is 6.38. The van der Waals surface area contributed by atoms with Crippen molar-refractivity contribution in [1.82, 2.24) is 9.44 Å². The molecule has 0 atom stereocenters. The van der Waals surface area contributed by atoms with E-state index in [0.717, 1.165) is 0 Å². The van der Waals surface area contributed by atoms with Crippen molar-refractivity contribution in [3.05, 3.63) is 35.4 Å². The van der Waals surface area contributed by atoms with Crippen molar-refractivity contribution in [3.8, 4) is 0 Å². The van der Waals surface area contributed by atoms with Crippen molar-refractivity contribution in [2.75, 3.05) is 0 Å². The van der Waals surface area contributed by atoms with E-state index < -0.39 is 22.4 Å². The van der Waals surface area contributed by atoms with Crippen LogP contribution in [0.2, 0.25) is 0 Å². The molecule has 0 aliphatic rings. The number of thiocarbonyl (C=S) groups is 1. The van der Waals surface area contributed by atoms with Crippen molar-refractivity contribution in [3.63, 3.8) is 0 Å². The van der Waals surface area contributed by atoms with Crippen molar-refractivity contribution < 1.29 is 17.9 Å². The Morgan fingerprint density at radius 3 is 2.67 bits per heavy atom. The molecule has 0 spiro atoms. The van der Waals surface area contributed by atoms with E-state index in [4.69, 9.17) is 18.0 Å². The van der Waals surface area contributed by atoms with Crippen LogP contribution in [0.1, 0.15) is 25.0 Å². The number of carbonyl (C=O) groups excluding carboxylic acids is 1. The molecule has 4 N–H and O–H groups in total. The van der Waals surface area contributed by atoms with E-state index in [0.29, 0.717) is 11.1 Å². The molecule has 0 aliphatic heterocycles. The molecular weight excluding hydrogens is 314 g/mol. The number of nitrogens with one attached hydrogen (secondary N) is 2. The average molecular weight is 331 g/mol. The molecule has 0 unspecified atom stereocenters. The van der Waals surface area contributed by atoms with Gasteiger partial charge in [0.05, 0.1) is 6.10 Å². The molecule has 0 bridgehead atoms. The molecule has 7 nitrogen and oxygen atoms in total. The summed E-state index contributed by atoms with van der Waals surface area (Å²) in [7, 11) is -4.00. The van der Waals surface area contributed by atoms with Gasteiger partial charge < -0.3 is 10.5 Å². The number of amides is 1. The van der Waals surface area contributed by atoms with E-state index >= 15 is 0 Å². The monoisotopic (exact) mass is 331 g/mol. The molecule has 21 heavy (non-hydrogen) atoms. The maximum Gasteiger partial charge on any atom is 0.422 e. The number of carbonyl (C=O) groups is 1. The third kappa shape index (κ3) is 6.52. The van der Waals surface area contributed by atoms with Gasteiger partial charge in [0.1, 0.15) is 4.99 Å². The molecule has 9 heteroatoms. The molecule has 116 valence electrons. The van der Waals surface area contributed by atoms with E-state index in [1.54, 1.807) is 42.8 Å². The third-order valence-corrected chi connectivity index (χ3v) is 3.43. The Labute approximate surface area is 129 Å². The zero-order valence-corrected chi connectivity index (χ0v) is 13.3. The van der Waals surface area contributed by atoms with Crippen LogP contribution in [-0.4, -0.2) is 25.6 Å². The number of hydrogen-bond acceptors (Lipinski definition) is 5. The fourth-order valence-corrected chi connectivity index (χ4v) is 2.22. The summed E-state index contributed by atoms with van der Waals surface area (Å²) < 4.78 is 31.9. The highest BCUT2D eigenvalue weighted by molar-refractivity contribution is 7.88. The number of rotatable bonds is 6. The van der Waals surface area contributed by atoms with Crippen molar-refractivity contribution in [2.24, 2.45) is 5.73 Å². The molecule has 0 heterocycles. The van der Waals surface area contributed by atoms with Crippen LogP contribution >= 0.6 is 12.2 Å². The summed E-state index contributed by atoms with van der Waals surface area (Å²) in [5, 5.41) is 0. The topological polar surface area (TPSA) is 111 Å². The minimum absolute atomic E-state index is 0.0131. The van der Waals surface area contributed by atoms with E-state index in [9.17, 15) is 13.2 Å². The van der Waals surface area contributed by atoms with Gasteiger partial charge in [-0.3, -0.25) is 0 Å². The summed E-state index contributed by atoms with van der Waals surface area (Å²) in [6.07, 6.45) is -1.45. The zero-order chi connectivity index (χ0) is 16.0. The minimum Gasteiger partial charge on any atom is -0.446 e. The van der Waals surface area contributed by atoms with Gasteiger partial charge in [0.15, 0.2) is 0 Å². The molecule has 0 saturated carbocycles. The first-order chi connectivity index (χ1) is 9.69. The highest BCUT2D eigenvalue weighted by Gasteiger charge is 2.15. The van der Waals surface area contributed by atoms with E-state index in [1.807, 2.05) is 0 Å². The minimum atomic E-state index is -4.00. The Kier molecular flexibility index (Phi) is 6.06. The predicted molar refractivity (Wildman–Crippen MR) is 82.8 cm³/mol. The van der Waals surface area contributed by atoms with Crippen LogP contribution in [0.25, 0.3) is 0 Å². The Hall–Kier alpha value is -1.71. The molecule has 1 aromatic rings. The summed E-state index contributed by atoms with van der Waals surface area (Å²) in [6, 6.07) is 6.80. The fourth-order valence-electron chi connectivity index (χ4n) is 1.40. The highest BCUT2D eigenvalue weighted by atomic mass is 32.2. The van der Waals surface area contributed by atoms with Crippen LogP contribution in [0.3, 0.4) is 0 Å². The third-order valence-electron chi connectivity index (χ3n) is 2.24. The smallest absolute Gasteiger partial charge is 0.422 e. The first-order valence-electron chi connectivity index (χ1n) is 6.06. The lowest BCUT2D eigenvalue weighted by molar-refractivity contribution is 0.121. The maximum atomic E-state index is 11.6. The van der Waals surface area contributed by atoms with E-state index in [1.165, 1.54) is 0 Å². The normalized spacial score (nSPS) is 11.2. The lowest BCUT2D eigenvalue weighted by Crippen LogP contribution is -2.40. The summed E-state index contributed by atoms with van der Waals surface area (Å²) >= 11 is 4.84. The molecule has 0 aliphatic carbocycles. The Morgan fingerprint density at radius 1 is 1.43 bits per heavy atom. The SMILES string of the molecule is CC(C)OC(=O)NS(=O)(=O)NCc1cccc(C(N)=S)c1. The average Bonchev–Trinajstić information content (AvgIpc) is 2.35. The lowest BCUT2D eigenvalue weighted by atomic mass is 10.1. The summed E-state index contributed by atoms with van der Waals surface area (Å²) in [4.78, 5) is 11.5. The fraction of sp³-hybridized carbons (Fsp3) is 0.333. The van der Waals surface area contributed by atoms with Gasteiger partial charge in [-0.25, -0.2) is 9.52 Å². The van der Waals surface area contributed by atoms with Gasteiger partial charge in [0, 0.05) is 12.1 Å². The summed E-state index contributed by atoms with van der Waals surface area (Å²) in [5.41, 5.74) is 6.78. The number of nitrogens with two attached hydrogens (primary N) is 1. The quantitative estimate of drug-likeness (QED) is 0.665. The van der Waals surface area contributed by atoms with Gasteiger partial charge >= 0.3 is 16.3 Å². The lowest BCUT2D eigenvalue weighted by Gasteiger charge is -2.11. The molecule has 0 radical (unpaired) electrons. The van der Waals surface area contributed by atoms with Crippen molar-refractivity contribution in [1.29, 1.82) is 0 Å². The summed E-state index contributed by atoms with van der Waals surface area (Å²) in [5.74, 6) is 0. The largest absolute Gasteiger partial charge is 0.446 e. The van der Waals surface area contributed by atoms with Gasteiger partial charge in [-0.05, 0) is 25.5 Å². The van der Waals surface area contributed by atoms with Gasteiger partial charge in [-0.15, -0.1) is 0 Å². The van der Waals surface area contributed by atoms with Crippen LogP contribution in [-0.2, 0) is 21.5 Å².